The Morgan fingerprint density at radius 3 is 2.23 bits per heavy atom. The number of likely N-dealkylation sites (tertiary alicyclic amines) is 1. The Hall–Kier alpha value is -0.900. The quantitative estimate of drug-likeness (QED) is 0.581. The van der Waals surface area contributed by atoms with Gasteiger partial charge in [0.2, 0.25) is 11.8 Å². The van der Waals surface area contributed by atoms with E-state index in [4.69, 9.17) is 0 Å². The van der Waals surface area contributed by atoms with Gasteiger partial charge in [0.1, 0.15) is 0 Å². The highest BCUT2D eigenvalue weighted by atomic mass is 16.2. The van der Waals surface area contributed by atoms with Gasteiger partial charge in [-0.05, 0) is 27.1 Å². The predicted octanol–water partition coefficient (Wildman–Crippen LogP) is 0.0871. The van der Waals surface area contributed by atoms with Crippen LogP contribution in [-0.2, 0) is 9.59 Å². The third-order valence-corrected chi connectivity index (χ3v) is 2.14. The van der Waals surface area contributed by atoms with Crippen LogP contribution in [0.2, 0.25) is 0 Å². The largest absolute Gasteiger partial charge is 0.309 e. The second-order valence-corrected chi connectivity index (χ2v) is 3.60. The maximum Gasteiger partial charge on any atom is 0.229 e. The fraction of sp³-hybridized carbons (Fsp3) is 0.778. The Morgan fingerprint density at radius 2 is 1.77 bits per heavy atom. The van der Waals surface area contributed by atoms with E-state index in [2.05, 4.69) is 0 Å². The first-order chi connectivity index (χ1) is 6.11. The van der Waals surface area contributed by atoms with Crippen molar-refractivity contribution in [3.63, 3.8) is 0 Å². The van der Waals surface area contributed by atoms with Crippen molar-refractivity contribution in [2.24, 2.45) is 0 Å². The molecule has 0 radical (unpaired) electrons. The summed E-state index contributed by atoms with van der Waals surface area (Å²) in [7, 11) is 3.96. The topological polar surface area (TPSA) is 40.6 Å². The van der Waals surface area contributed by atoms with E-state index in [0.29, 0.717) is 19.4 Å². The van der Waals surface area contributed by atoms with Crippen LogP contribution in [0.4, 0.5) is 0 Å². The summed E-state index contributed by atoms with van der Waals surface area (Å²) in [4.78, 5) is 25.7. The van der Waals surface area contributed by atoms with E-state index in [1.165, 1.54) is 4.90 Å². The molecule has 0 aromatic heterocycles. The van der Waals surface area contributed by atoms with Crippen molar-refractivity contribution in [3.8, 4) is 0 Å². The molecule has 1 fully saturated rings. The monoisotopic (exact) mass is 184 g/mol. The van der Waals surface area contributed by atoms with Crippen molar-refractivity contribution < 1.29 is 9.59 Å². The molecular weight excluding hydrogens is 168 g/mol. The van der Waals surface area contributed by atoms with Crippen LogP contribution >= 0.6 is 0 Å². The Kier molecular flexibility index (Phi) is 3.42. The molecule has 4 nitrogen and oxygen atoms in total. The standard InChI is InChI=1S/C9H16N2O2/c1-10(2)6-3-7-11-8(12)4-5-9(11)13/h3-7H2,1-2H3. The average Bonchev–Trinajstić information content (AvgIpc) is 2.34. The first kappa shape index (κ1) is 10.2. The van der Waals surface area contributed by atoms with E-state index in [1.54, 1.807) is 0 Å². The maximum absolute atomic E-state index is 11.2. The van der Waals surface area contributed by atoms with Gasteiger partial charge in [0.25, 0.3) is 0 Å². The third-order valence-electron chi connectivity index (χ3n) is 2.14. The van der Waals surface area contributed by atoms with Crippen LogP contribution in [0, 0.1) is 0 Å². The van der Waals surface area contributed by atoms with Crippen molar-refractivity contribution in [2.75, 3.05) is 27.2 Å². The summed E-state index contributed by atoms with van der Waals surface area (Å²) in [6.07, 6.45) is 1.67. The predicted molar refractivity (Wildman–Crippen MR) is 49.1 cm³/mol. The van der Waals surface area contributed by atoms with E-state index in [0.717, 1.165) is 13.0 Å². The zero-order valence-corrected chi connectivity index (χ0v) is 8.25. The molecule has 4 heteroatoms. The average molecular weight is 184 g/mol. The van der Waals surface area contributed by atoms with Crippen LogP contribution < -0.4 is 0 Å². The molecule has 1 aliphatic rings. The Morgan fingerprint density at radius 1 is 1.23 bits per heavy atom. The lowest BCUT2D eigenvalue weighted by molar-refractivity contribution is -0.138. The van der Waals surface area contributed by atoms with Crippen molar-refractivity contribution >= 4 is 11.8 Å². The highest BCUT2D eigenvalue weighted by Gasteiger charge is 2.27. The van der Waals surface area contributed by atoms with Gasteiger partial charge in [0, 0.05) is 19.4 Å². The molecule has 1 heterocycles. The number of rotatable bonds is 4. The van der Waals surface area contributed by atoms with E-state index < -0.39 is 0 Å². The summed E-state index contributed by atoms with van der Waals surface area (Å²) in [5.74, 6) is -0.0208. The highest BCUT2D eigenvalue weighted by Crippen LogP contribution is 2.11. The molecule has 0 N–H and O–H groups in total. The first-order valence-corrected chi connectivity index (χ1v) is 4.59. The maximum atomic E-state index is 11.2. The zero-order chi connectivity index (χ0) is 9.84. The van der Waals surface area contributed by atoms with Crippen LogP contribution in [0.1, 0.15) is 19.3 Å². The fourth-order valence-corrected chi connectivity index (χ4v) is 1.42. The molecular formula is C9H16N2O2. The molecule has 74 valence electrons. The summed E-state index contributed by atoms with van der Waals surface area (Å²) in [6.45, 7) is 1.49. The molecule has 1 rings (SSSR count). The molecule has 0 atom stereocenters. The molecule has 0 saturated carbocycles. The molecule has 2 amide bonds. The van der Waals surface area contributed by atoms with Crippen LogP contribution in [0.5, 0.6) is 0 Å². The number of imide groups is 1. The summed E-state index contributed by atoms with van der Waals surface area (Å²) >= 11 is 0. The van der Waals surface area contributed by atoms with Crippen molar-refractivity contribution in [1.29, 1.82) is 0 Å². The summed E-state index contributed by atoms with van der Waals surface area (Å²) in [6, 6.07) is 0. The van der Waals surface area contributed by atoms with Crippen molar-refractivity contribution in [2.45, 2.75) is 19.3 Å². The molecule has 0 bridgehead atoms. The molecule has 0 aromatic rings. The van der Waals surface area contributed by atoms with Gasteiger partial charge in [-0.3, -0.25) is 14.5 Å². The van der Waals surface area contributed by atoms with Gasteiger partial charge in [-0.2, -0.15) is 0 Å². The second-order valence-electron chi connectivity index (χ2n) is 3.60. The van der Waals surface area contributed by atoms with Crippen molar-refractivity contribution in [1.82, 2.24) is 9.80 Å². The molecule has 0 spiro atoms. The SMILES string of the molecule is CN(C)CCCN1C(=O)CCC1=O. The minimum Gasteiger partial charge on any atom is -0.309 e. The van der Waals surface area contributed by atoms with E-state index in [9.17, 15) is 9.59 Å². The molecule has 0 unspecified atom stereocenters. The van der Waals surface area contributed by atoms with E-state index in [1.807, 2.05) is 19.0 Å². The van der Waals surface area contributed by atoms with E-state index in [-0.39, 0.29) is 11.8 Å². The summed E-state index contributed by atoms with van der Waals surface area (Å²) in [5.41, 5.74) is 0. The van der Waals surface area contributed by atoms with Gasteiger partial charge in [0.05, 0.1) is 0 Å². The number of carbonyl (C=O) groups is 2. The van der Waals surface area contributed by atoms with Crippen LogP contribution in [-0.4, -0.2) is 48.8 Å². The molecule has 1 saturated heterocycles. The lowest BCUT2D eigenvalue weighted by Gasteiger charge is -2.15. The minimum absolute atomic E-state index is 0.0104. The van der Waals surface area contributed by atoms with Gasteiger partial charge in [-0.15, -0.1) is 0 Å². The van der Waals surface area contributed by atoms with Crippen LogP contribution in [0.3, 0.4) is 0 Å². The number of hydrogen-bond donors (Lipinski definition) is 0. The fourth-order valence-electron chi connectivity index (χ4n) is 1.42. The van der Waals surface area contributed by atoms with Crippen LogP contribution in [0.15, 0.2) is 0 Å². The van der Waals surface area contributed by atoms with Gasteiger partial charge >= 0.3 is 0 Å². The van der Waals surface area contributed by atoms with Crippen LogP contribution in [0.25, 0.3) is 0 Å². The molecule has 1 aliphatic heterocycles. The number of hydrogen-bond acceptors (Lipinski definition) is 3. The van der Waals surface area contributed by atoms with Gasteiger partial charge in [-0.25, -0.2) is 0 Å². The smallest absolute Gasteiger partial charge is 0.229 e. The van der Waals surface area contributed by atoms with Gasteiger partial charge < -0.3 is 4.90 Å². The number of carbonyl (C=O) groups excluding carboxylic acids is 2. The lowest BCUT2D eigenvalue weighted by atomic mass is 10.4. The zero-order valence-electron chi connectivity index (χ0n) is 8.25. The second kappa shape index (κ2) is 4.37. The van der Waals surface area contributed by atoms with Gasteiger partial charge in [-0.1, -0.05) is 0 Å². The molecule has 0 aromatic carbocycles. The highest BCUT2D eigenvalue weighted by molar-refractivity contribution is 6.01. The summed E-state index contributed by atoms with van der Waals surface area (Å²) in [5, 5.41) is 0. The lowest BCUT2D eigenvalue weighted by Crippen LogP contribution is -2.31. The Bertz CT molecular complexity index is 198. The normalized spacial score (nSPS) is 17.6. The van der Waals surface area contributed by atoms with E-state index >= 15 is 0 Å². The Labute approximate surface area is 78.5 Å². The van der Waals surface area contributed by atoms with Crippen molar-refractivity contribution in [3.05, 3.63) is 0 Å². The minimum atomic E-state index is -0.0104. The Balaban J connectivity index is 2.27. The van der Waals surface area contributed by atoms with Gasteiger partial charge in [0.15, 0.2) is 0 Å². The first-order valence-electron chi connectivity index (χ1n) is 4.59. The third kappa shape index (κ3) is 2.81. The number of nitrogens with zero attached hydrogens (tertiary/aromatic N) is 2. The summed E-state index contributed by atoms with van der Waals surface area (Å²) < 4.78 is 0. The molecule has 13 heavy (non-hydrogen) atoms. The number of amides is 2. The molecule has 0 aliphatic carbocycles.